The quantitative estimate of drug-likeness (QED) is 0.508. The highest BCUT2D eigenvalue weighted by Crippen LogP contribution is 2.33. The number of fused-ring (bicyclic) bond motifs is 1. The Balaban J connectivity index is 2.61. The Hall–Kier alpha value is -1.01. The molecule has 9 heteroatoms. The van der Waals surface area contributed by atoms with Crippen molar-refractivity contribution in [2.24, 2.45) is 0 Å². The molecule has 0 aliphatic rings. The minimum absolute atomic E-state index is 0.320. The van der Waals surface area contributed by atoms with E-state index in [1.807, 2.05) is 0 Å². The molecule has 2 rings (SSSR count). The third-order valence-electron chi connectivity index (χ3n) is 3.42. The van der Waals surface area contributed by atoms with Gasteiger partial charge in [-0.3, -0.25) is 0 Å². The van der Waals surface area contributed by atoms with Gasteiger partial charge in [0.25, 0.3) is 0 Å². The first-order valence-electron chi connectivity index (χ1n) is 6.15. The fourth-order valence-electron chi connectivity index (χ4n) is 2.22. The van der Waals surface area contributed by atoms with Crippen LogP contribution >= 0.6 is 22.6 Å². The molecule has 0 fully saturated rings. The molecule has 0 saturated carbocycles. The van der Waals surface area contributed by atoms with Gasteiger partial charge in [0, 0.05) is 16.9 Å². The highest BCUT2D eigenvalue weighted by atomic mass is 127. The normalized spacial score (nSPS) is 17.6. The average Bonchev–Trinajstić information content (AvgIpc) is 2.77. The number of hydrogen-bond acceptors (Lipinski definition) is 7. The molecule has 2 aromatic heterocycles. The lowest BCUT2D eigenvalue weighted by Crippen LogP contribution is -2.49. The standard InChI is InChI=1S/C12H17IN4O4/c1-12(20,7(19)4-18)11(21-2)17-3-6(13)8-9(14)15-5-16-10(8)17/h3,5,7,11,18-20H,4H2,1-2H3,(H2,14,15,16)/t7-,11?,12-/m1/s1. The number of nitrogens with two attached hydrogens (primary N) is 1. The van der Waals surface area contributed by atoms with Crippen molar-refractivity contribution >= 4 is 39.4 Å². The van der Waals surface area contributed by atoms with E-state index in [0.717, 1.165) is 3.57 Å². The number of methoxy groups -OCH3 is 1. The number of ether oxygens (including phenoxy) is 1. The molecule has 0 amide bonds. The van der Waals surface area contributed by atoms with Gasteiger partial charge in [0.1, 0.15) is 29.5 Å². The van der Waals surface area contributed by atoms with Crippen LogP contribution in [0.4, 0.5) is 5.82 Å². The minimum Gasteiger partial charge on any atom is -0.394 e. The lowest BCUT2D eigenvalue weighted by molar-refractivity contribution is -0.182. The van der Waals surface area contributed by atoms with E-state index in [2.05, 4.69) is 32.6 Å². The van der Waals surface area contributed by atoms with Crippen molar-refractivity contribution in [1.29, 1.82) is 0 Å². The number of hydrogen-bond donors (Lipinski definition) is 4. The van der Waals surface area contributed by atoms with Gasteiger partial charge in [-0.2, -0.15) is 0 Å². The van der Waals surface area contributed by atoms with Gasteiger partial charge in [-0.25, -0.2) is 9.97 Å². The molecular weight excluding hydrogens is 391 g/mol. The average molecular weight is 408 g/mol. The number of nitrogens with zero attached hydrogens (tertiary/aromatic N) is 3. The Labute approximate surface area is 134 Å². The lowest BCUT2D eigenvalue weighted by Gasteiger charge is -2.35. The molecule has 3 atom stereocenters. The fraction of sp³-hybridized carbons (Fsp3) is 0.500. The Morgan fingerprint density at radius 3 is 2.76 bits per heavy atom. The molecule has 0 aliphatic heterocycles. The summed E-state index contributed by atoms with van der Waals surface area (Å²) in [7, 11) is 1.40. The summed E-state index contributed by atoms with van der Waals surface area (Å²) in [6, 6.07) is 0. The monoisotopic (exact) mass is 408 g/mol. The largest absolute Gasteiger partial charge is 0.394 e. The van der Waals surface area contributed by atoms with Crippen molar-refractivity contribution in [3.8, 4) is 0 Å². The molecule has 116 valence electrons. The van der Waals surface area contributed by atoms with Crippen molar-refractivity contribution in [2.75, 3.05) is 19.5 Å². The summed E-state index contributed by atoms with van der Waals surface area (Å²) in [5.74, 6) is 0.320. The highest BCUT2D eigenvalue weighted by Gasteiger charge is 2.41. The molecular formula is C12H17IN4O4. The molecule has 1 unspecified atom stereocenters. The van der Waals surface area contributed by atoms with Crippen LogP contribution in [0.25, 0.3) is 11.0 Å². The molecule has 0 aromatic carbocycles. The van der Waals surface area contributed by atoms with E-state index in [0.29, 0.717) is 16.9 Å². The first-order valence-corrected chi connectivity index (χ1v) is 7.23. The first-order chi connectivity index (χ1) is 9.84. The second kappa shape index (κ2) is 6.01. The number of halogens is 1. The van der Waals surface area contributed by atoms with Crippen LogP contribution in [0.5, 0.6) is 0 Å². The summed E-state index contributed by atoms with van der Waals surface area (Å²) < 4.78 is 7.68. The number of aliphatic hydroxyl groups excluding tert-OH is 2. The van der Waals surface area contributed by atoms with Crippen LogP contribution in [0.3, 0.4) is 0 Å². The van der Waals surface area contributed by atoms with Gasteiger partial charge in [-0.05, 0) is 29.5 Å². The summed E-state index contributed by atoms with van der Waals surface area (Å²) in [5, 5.41) is 30.1. The second-order valence-corrected chi connectivity index (χ2v) is 6.02. The van der Waals surface area contributed by atoms with Crippen LogP contribution < -0.4 is 5.73 Å². The van der Waals surface area contributed by atoms with E-state index in [-0.39, 0.29) is 0 Å². The minimum atomic E-state index is -1.72. The topological polar surface area (TPSA) is 127 Å². The number of aliphatic hydroxyl groups is 3. The van der Waals surface area contributed by atoms with Gasteiger partial charge in [0.2, 0.25) is 0 Å². The predicted molar refractivity (Wildman–Crippen MR) is 84.4 cm³/mol. The summed E-state index contributed by atoms with van der Waals surface area (Å²) in [6.07, 6.45) is 0.675. The zero-order chi connectivity index (χ0) is 15.8. The molecule has 8 nitrogen and oxygen atoms in total. The molecule has 2 heterocycles. The van der Waals surface area contributed by atoms with Crippen molar-refractivity contribution in [2.45, 2.75) is 24.9 Å². The zero-order valence-electron chi connectivity index (χ0n) is 11.6. The van der Waals surface area contributed by atoms with Gasteiger partial charge in [0.15, 0.2) is 6.23 Å². The maximum Gasteiger partial charge on any atom is 0.166 e. The van der Waals surface area contributed by atoms with Crippen molar-refractivity contribution in [3.05, 3.63) is 16.1 Å². The van der Waals surface area contributed by atoms with Crippen LogP contribution in [0.2, 0.25) is 0 Å². The van der Waals surface area contributed by atoms with Crippen molar-refractivity contribution < 1.29 is 20.1 Å². The lowest BCUT2D eigenvalue weighted by atomic mass is 9.97. The maximum atomic E-state index is 10.5. The van der Waals surface area contributed by atoms with E-state index in [9.17, 15) is 10.2 Å². The summed E-state index contributed by atoms with van der Waals surface area (Å²) in [6.45, 7) is 0.783. The van der Waals surface area contributed by atoms with E-state index < -0.39 is 24.5 Å². The molecule has 5 N–H and O–H groups in total. The van der Waals surface area contributed by atoms with Crippen molar-refractivity contribution in [1.82, 2.24) is 14.5 Å². The molecule has 0 saturated heterocycles. The SMILES string of the molecule is COC(n1cc(I)c2c(N)ncnc21)[C@](C)(O)[C@H](O)CO. The van der Waals surface area contributed by atoms with Gasteiger partial charge in [-0.1, -0.05) is 0 Å². The molecule has 0 radical (unpaired) electrons. The summed E-state index contributed by atoms with van der Waals surface area (Å²) in [4.78, 5) is 8.10. The van der Waals surface area contributed by atoms with Crippen LogP contribution in [-0.2, 0) is 4.74 Å². The van der Waals surface area contributed by atoms with Crippen LogP contribution in [0.1, 0.15) is 13.2 Å². The molecule has 2 aromatic rings. The van der Waals surface area contributed by atoms with Gasteiger partial charge in [0.05, 0.1) is 12.0 Å². The smallest absolute Gasteiger partial charge is 0.166 e. The molecule has 0 aliphatic carbocycles. The molecule has 0 spiro atoms. The first kappa shape index (κ1) is 16.4. The number of aromatic nitrogens is 3. The van der Waals surface area contributed by atoms with Gasteiger partial charge in [-0.15, -0.1) is 0 Å². The highest BCUT2D eigenvalue weighted by molar-refractivity contribution is 14.1. The Morgan fingerprint density at radius 2 is 2.19 bits per heavy atom. The molecule has 0 bridgehead atoms. The van der Waals surface area contributed by atoms with Crippen molar-refractivity contribution in [3.63, 3.8) is 0 Å². The maximum absolute atomic E-state index is 10.5. The third kappa shape index (κ3) is 2.71. The Bertz CT molecular complexity index is 645. The van der Waals surface area contributed by atoms with E-state index in [1.165, 1.54) is 20.4 Å². The number of anilines is 1. The van der Waals surface area contributed by atoms with E-state index in [1.54, 1.807) is 10.8 Å². The Morgan fingerprint density at radius 1 is 1.52 bits per heavy atom. The second-order valence-electron chi connectivity index (χ2n) is 4.85. The number of rotatable bonds is 5. The number of nitrogen functional groups attached to an aromatic ring is 1. The Kier molecular flexibility index (Phi) is 4.68. The predicted octanol–water partition coefficient (Wildman–Crippen LogP) is -0.133. The van der Waals surface area contributed by atoms with Crippen LogP contribution in [0.15, 0.2) is 12.5 Å². The van der Waals surface area contributed by atoms with Crippen LogP contribution in [0, 0.1) is 3.57 Å². The van der Waals surface area contributed by atoms with Gasteiger partial charge >= 0.3 is 0 Å². The third-order valence-corrected chi connectivity index (χ3v) is 4.23. The summed E-state index contributed by atoms with van der Waals surface area (Å²) >= 11 is 2.08. The van der Waals surface area contributed by atoms with E-state index >= 15 is 0 Å². The van der Waals surface area contributed by atoms with Crippen LogP contribution in [-0.4, -0.2) is 55.3 Å². The van der Waals surface area contributed by atoms with Gasteiger partial charge < -0.3 is 30.4 Å². The molecule has 21 heavy (non-hydrogen) atoms. The fourth-order valence-corrected chi connectivity index (χ4v) is 3.04. The summed E-state index contributed by atoms with van der Waals surface area (Å²) in [5.41, 5.74) is 4.60. The van der Waals surface area contributed by atoms with E-state index in [4.69, 9.17) is 15.6 Å². The zero-order valence-corrected chi connectivity index (χ0v) is 13.7.